The minimum absolute atomic E-state index is 0.0569. The van der Waals surface area contributed by atoms with Gasteiger partial charge in [0.1, 0.15) is 0 Å². The van der Waals surface area contributed by atoms with Crippen LogP contribution < -0.4 is 5.32 Å². The fraction of sp³-hybridized carbons (Fsp3) is 0.429. The van der Waals surface area contributed by atoms with Crippen molar-refractivity contribution in [2.24, 2.45) is 0 Å². The first-order chi connectivity index (χ1) is 12.5. The topological polar surface area (TPSA) is 54.5 Å². The van der Waals surface area contributed by atoms with Crippen molar-refractivity contribution >= 4 is 11.7 Å². The minimum Gasteiger partial charge on any atom is -0.375 e. The molecule has 0 bridgehead atoms. The molecule has 138 valence electrons. The third-order valence-electron chi connectivity index (χ3n) is 4.82. The zero-order valence-corrected chi connectivity index (χ0v) is 15.7. The molecule has 2 heterocycles. The first-order valence-corrected chi connectivity index (χ1v) is 9.20. The van der Waals surface area contributed by atoms with Crippen LogP contribution in [0.25, 0.3) is 11.1 Å². The highest BCUT2D eigenvalue weighted by Gasteiger charge is 2.33. The Morgan fingerprint density at radius 3 is 2.81 bits per heavy atom. The third kappa shape index (κ3) is 4.41. The molecule has 1 aromatic heterocycles. The Bertz CT molecular complexity index is 746. The lowest BCUT2D eigenvalue weighted by Gasteiger charge is -2.40. The van der Waals surface area contributed by atoms with Crippen molar-refractivity contribution in [3.63, 3.8) is 0 Å². The van der Waals surface area contributed by atoms with E-state index in [-0.39, 0.29) is 17.7 Å². The van der Waals surface area contributed by atoms with Crippen LogP contribution in [0.15, 0.2) is 48.8 Å². The van der Waals surface area contributed by atoms with Crippen LogP contribution >= 0.6 is 0 Å². The number of nitrogens with one attached hydrogen (secondary N) is 1. The highest BCUT2D eigenvalue weighted by Crippen LogP contribution is 2.28. The Hall–Kier alpha value is -2.40. The second-order valence-electron chi connectivity index (χ2n) is 7.29. The maximum absolute atomic E-state index is 12.9. The number of amides is 2. The van der Waals surface area contributed by atoms with Gasteiger partial charge in [0.2, 0.25) is 0 Å². The normalized spacial score (nSPS) is 19.0. The average molecular weight is 353 g/mol. The van der Waals surface area contributed by atoms with E-state index in [1.54, 1.807) is 6.20 Å². The number of benzene rings is 1. The highest BCUT2D eigenvalue weighted by molar-refractivity contribution is 5.90. The van der Waals surface area contributed by atoms with Gasteiger partial charge in [-0.05, 0) is 57.4 Å². The smallest absolute Gasteiger partial charge is 0.322 e. The largest absolute Gasteiger partial charge is 0.375 e. The van der Waals surface area contributed by atoms with Gasteiger partial charge in [-0.3, -0.25) is 4.98 Å². The SMILES string of the molecule is CCN(C(=O)Nc1cccc(-c2cccnc2)c1)[C@@H]1CCOC(C)(C)C1. The second-order valence-corrected chi connectivity index (χ2v) is 7.29. The van der Waals surface area contributed by atoms with Crippen LogP contribution in [0.1, 0.15) is 33.6 Å². The van der Waals surface area contributed by atoms with Gasteiger partial charge < -0.3 is 15.0 Å². The molecule has 2 amide bonds. The Balaban J connectivity index is 1.72. The summed E-state index contributed by atoms with van der Waals surface area (Å²) in [7, 11) is 0. The zero-order valence-electron chi connectivity index (χ0n) is 15.7. The fourth-order valence-electron chi connectivity index (χ4n) is 3.54. The Kier molecular flexibility index (Phi) is 5.57. The molecule has 0 saturated carbocycles. The number of hydrogen-bond donors (Lipinski definition) is 1. The van der Waals surface area contributed by atoms with Gasteiger partial charge in [0, 0.05) is 42.8 Å². The molecule has 0 radical (unpaired) electrons. The van der Waals surface area contributed by atoms with Gasteiger partial charge in [-0.2, -0.15) is 0 Å². The predicted octanol–water partition coefficient (Wildman–Crippen LogP) is 4.56. The van der Waals surface area contributed by atoms with Crippen LogP contribution in [0.3, 0.4) is 0 Å². The quantitative estimate of drug-likeness (QED) is 0.876. The fourth-order valence-corrected chi connectivity index (χ4v) is 3.54. The van der Waals surface area contributed by atoms with Crippen molar-refractivity contribution in [2.75, 3.05) is 18.5 Å². The van der Waals surface area contributed by atoms with E-state index in [1.807, 2.05) is 54.4 Å². The first kappa shape index (κ1) is 18.4. The van der Waals surface area contributed by atoms with Gasteiger partial charge in [-0.1, -0.05) is 18.2 Å². The predicted molar refractivity (Wildman–Crippen MR) is 104 cm³/mol. The average Bonchev–Trinajstić information content (AvgIpc) is 2.62. The number of carbonyl (C=O) groups is 1. The van der Waals surface area contributed by atoms with Crippen molar-refractivity contribution < 1.29 is 9.53 Å². The number of carbonyl (C=O) groups excluding carboxylic acids is 1. The van der Waals surface area contributed by atoms with Crippen molar-refractivity contribution in [2.45, 2.75) is 45.3 Å². The monoisotopic (exact) mass is 353 g/mol. The summed E-state index contributed by atoms with van der Waals surface area (Å²) >= 11 is 0. The van der Waals surface area contributed by atoms with E-state index in [2.05, 4.69) is 24.1 Å². The minimum atomic E-state index is -0.184. The van der Waals surface area contributed by atoms with E-state index in [0.717, 1.165) is 29.7 Å². The molecule has 5 heteroatoms. The van der Waals surface area contributed by atoms with E-state index >= 15 is 0 Å². The first-order valence-electron chi connectivity index (χ1n) is 9.20. The van der Waals surface area contributed by atoms with Gasteiger partial charge >= 0.3 is 6.03 Å². The van der Waals surface area contributed by atoms with Crippen LogP contribution in [0.4, 0.5) is 10.5 Å². The second kappa shape index (κ2) is 7.87. The van der Waals surface area contributed by atoms with E-state index in [0.29, 0.717) is 13.2 Å². The molecule has 1 aromatic carbocycles. The molecule has 0 aliphatic carbocycles. The number of rotatable bonds is 4. The van der Waals surface area contributed by atoms with E-state index in [4.69, 9.17) is 4.74 Å². The van der Waals surface area contributed by atoms with E-state index in [9.17, 15) is 4.79 Å². The summed E-state index contributed by atoms with van der Waals surface area (Å²) in [5, 5.41) is 3.05. The number of pyridine rings is 1. The molecule has 5 nitrogen and oxygen atoms in total. The zero-order chi connectivity index (χ0) is 18.6. The van der Waals surface area contributed by atoms with Gasteiger partial charge in [0.05, 0.1) is 5.60 Å². The third-order valence-corrected chi connectivity index (χ3v) is 4.82. The number of ether oxygens (including phenoxy) is 1. The molecule has 1 aliphatic rings. The molecule has 1 N–H and O–H groups in total. The lowest BCUT2D eigenvalue weighted by atomic mass is 9.93. The molecule has 1 atom stereocenters. The van der Waals surface area contributed by atoms with E-state index in [1.165, 1.54) is 0 Å². The van der Waals surface area contributed by atoms with Crippen LogP contribution in [-0.4, -0.2) is 40.7 Å². The molecule has 26 heavy (non-hydrogen) atoms. The Labute approximate surface area is 155 Å². The molecular weight excluding hydrogens is 326 g/mol. The lowest BCUT2D eigenvalue weighted by molar-refractivity contribution is -0.0758. The maximum atomic E-state index is 12.9. The van der Waals surface area contributed by atoms with Crippen molar-refractivity contribution in [1.82, 2.24) is 9.88 Å². The summed E-state index contributed by atoms with van der Waals surface area (Å²) in [6.07, 6.45) is 5.30. The number of hydrogen-bond acceptors (Lipinski definition) is 3. The van der Waals surface area contributed by atoms with Gasteiger partial charge in [-0.25, -0.2) is 4.79 Å². The van der Waals surface area contributed by atoms with Gasteiger partial charge in [0.15, 0.2) is 0 Å². The number of anilines is 1. The molecule has 1 saturated heterocycles. The molecule has 0 spiro atoms. The summed E-state index contributed by atoms with van der Waals surface area (Å²) in [4.78, 5) is 18.9. The van der Waals surface area contributed by atoms with Crippen molar-refractivity contribution in [3.8, 4) is 11.1 Å². The summed E-state index contributed by atoms with van der Waals surface area (Å²) < 4.78 is 5.79. The van der Waals surface area contributed by atoms with Crippen LogP contribution in [0.5, 0.6) is 0 Å². The van der Waals surface area contributed by atoms with Crippen LogP contribution in [-0.2, 0) is 4.74 Å². The lowest BCUT2D eigenvalue weighted by Crippen LogP contribution is -2.49. The molecule has 0 unspecified atom stereocenters. The summed E-state index contributed by atoms with van der Waals surface area (Å²) in [5.74, 6) is 0. The molecule has 2 aromatic rings. The number of urea groups is 1. The summed E-state index contributed by atoms with van der Waals surface area (Å²) in [5.41, 5.74) is 2.67. The Morgan fingerprint density at radius 1 is 1.31 bits per heavy atom. The summed E-state index contributed by atoms with van der Waals surface area (Å²) in [6.45, 7) is 7.56. The van der Waals surface area contributed by atoms with Gasteiger partial charge in [0.25, 0.3) is 0 Å². The van der Waals surface area contributed by atoms with Crippen molar-refractivity contribution in [1.29, 1.82) is 0 Å². The number of aromatic nitrogens is 1. The maximum Gasteiger partial charge on any atom is 0.322 e. The van der Waals surface area contributed by atoms with E-state index < -0.39 is 0 Å². The molecule has 1 fully saturated rings. The molecule has 1 aliphatic heterocycles. The van der Waals surface area contributed by atoms with Crippen molar-refractivity contribution in [3.05, 3.63) is 48.8 Å². The van der Waals surface area contributed by atoms with Crippen LogP contribution in [0.2, 0.25) is 0 Å². The summed E-state index contributed by atoms with van der Waals surface area (Å²) in [6, 6.07) is 11.9. The molecule has 3 rings (SSSR count). The van der Waals surface area contributed by atoms with Crippen LogP contribution in [0, 0.1) is 0 Å². The Morgan fingerprint density at radius 2 is 2.12 bits per heavy atom. The standard InChI is InChI=1S/C21H27N3O2/c1-4-24(19-10-12-26-21(2,3)14-19)20(25)23-18-9-5-7-16(13-18)17-8-6-11-22-15-17/h5-9,11,13,15,19H,4,10,12,14H2,1-3H3,(H,23,25)/t19-/m1/s1. The highest BCUT2D eigenvalue weighted by atomic mass is 16.5. The number of nitrogens with zero attached hydrogens (tertiary/aromatic N) is 2. The van der Waals surface area contributed by atoms with Gasteiger partial charge in [-0.15, -0.1) is 0 Å². The molecular formula is C21H27N3O2.